The van der Waals surface area contributed by atoms with Crippen molar-refractivity contribution in [2.45, 2.75) is 33.1 Å². The molecule has 2 amide bonds. The topological polar surface area (TPSA) is 85.7 Å². The summed E-state index contributed by atoms with van der Waals surface area (Å²) in [5.74, 6) is 1.30. The van der Waals surface area contributed by atoms with Gasteiger partial charge in [-0.05, 0) is 49.4 Å². The molecule has 1 N–H and O–H groups in total. The van der Waals surface area contributed by atoms with Crippen molar-refractivity contribution in [2.75, 3.05) is 32.6 Å². The molecule has 34 heavy (non-hydrogen) atoms. The van der Waals surface area contributed by atoms with Crippen LogP contribution in [0.1, 0.15) is 43.7 Å². The molecular formula is C26H32N4O4. The van der Waals surface area contributed by atoms with E-state index in [1.54, 1.807) is 43.2 Å². The van der Waals surface area contributed by atoms with Crippen LogP contribution in [0.5, 0.6) is 11.5 Å². The van der Waals surface area contributed by atoms with Crippen molar-refractivity contribution in [3.63, 3.8) is 0 Å². The number of amides is 2. The third-order valence-corrected chi connectivity index (χ3v) is 5.38. The molecule has 1 aromatic heterocycles. The summed E-state index contributed by atoms with van der Waals surface area (Å²) in [6.07, 6.45) is 0. The summed E-state index contributed by atoms with van der Waals surface area (Å²) in [6, 6.07) is 16.2. The fraction of sp³-hybridized carbons (Fsp3) is 0.346. The number of methoxy groups -OCH3 is 2. The van der Waals surface area contributed by atoms with Crippen molar-refractivity contribution in [2.24, 2.45) is 0 Å². The molecule has 1 heterocycles. The summed E-state index contributed by atoms with van der Waals surface area (Å²) in [6.45, 7) is 8.31. The van der Waals surface area contributed by atoms with Gasteiger partial charge in [-0.2, -0.15) is 5.10 Å². The lowest BCUT2D eigenvalue weighted by Crippen LogP contribution is -2.38. The SMILES string of the molecule is CCN(CC(=O)Nc1cc(C(C)(C)C)nn1-c1ccc(OC)cc1)C(=O)c1cccc(OC)c1. The lowest BCUT2D eigenvalue weighted by molar-refractivity contribution is -0.116. The number of nitrogens with zero attached hydrogens (tertiary/aromatic N) is 3. The van der Waals surface area contributed by atoms with Gasteiger partial charge < -0.3 is 19.7 Å². The maximum Gasteiger partial charge on any atom is 0.254 e. The number of anilines is 1. The Morgan fingerprint density at radius 1 is 1.00 bits per heavy atom. The summed E-state index contributed by atoms with van der Waals surface area (Å²) < 4.78 is 12.1. The molecule has 8 nitrogen and oxygen atoms in total. The molecule has 180 valence electrons. The minimum Gasteiger partial charge on any atom is -0.497 e. The Bertz CT molecular complexity index is 1150. The number of nitrogens with one attached hydrogen (secondary N) is 1. The molecule has 3 rings (SSSR count). The molecule has 0 aliphatic heterocycles. The van der Waals surface area contributed by atoms with Crippen LogP contribution in [0, 0.1) is 0 Å². The normalized spacial score (nSPS) is 11.1. The number of benzene rings is 2. The van der Waals surface area contributed by atoms with E-state index < -0.39 is 0 Å². The van der Waals surface area contributed by atoms with E-state index in [0.29, 0.717) is 23.7 Å². The summed E-state index contributed by atoms with van der Waals surface area (Å²) in [7, 11) is 3.16. The molecule has 3 aromatic rings. The first-order valence-corrected chi connectivity index (χ1v) is 11.1. The molecule has 0 fully saturated rings. The van der Waals surface area contributed by atoms with Crippen molar-refractivity contribution in [3.05, 3.63) is 65.9 Å². The Morgan fingerprint density at radius 2 is 1.68 bits per heavy atom. The van der Waals surface area contributed by atoms with E-state index in [0.717, 1.165) is 17.1 Å². The Kier molecular flexibility index (Phi) is 7.61. The Balaban J connectivity index is 1.83. The van der Waals surface area contributed by atoms with Gasteiger partial charge in [-0.1, -0.05) is 26.8 Å². The van der Waals surface area contributed by atoms with Gasteiger partial charge in [0, 0.05) is 23.6 Å². The zero-order valence-electron chi connectivity index (χ0n) is 20.6. The smallest absolute Gasteiger partial charge is 0.254 e. The van der Waals surface area contributed by atoms with Crippen molar-refractivity contribution in [3.8, 4) is 17.2 Å². The van der Waals surface area contributed by atoms with E-state index in [4.69, 9.17) is 14.6 Å². The van der Waals surface area contributed by atoms with Crippen molar-refractivity contribution < 1.29 is 19.1 Å². The van der Waals surface area contributed by atoms with Gasteiger partial charge in [-0.25, -0.2) is 4.68 Å². The third kappa shape index (κ3) is 5.75. The predicted molar refractivity (Wildman–Crippen MR) is 132 cm³/mol. The minimum absolute atomic E-state index is 0.0921. The quantitative estimate of drug-likeness (QED) is 0.538. The van der Waals surface area contributed by atoms with E-state index in [-0.39, 0.29) is 23.8 Å². The number of carbonyl (C=O) groups is 2. The van der Waals surface area contributed by atoms with Gasteiger partial charge in [0.25, 0.3) is 5.91 Å². The van der Waals surface area contributed by atoms with E-state index in [9.17, 15) is 9.59 Å². The first kappa shape index (κ1) is 24.8. The highest BCUT2D eigenvalue weighted by molar-refractivity contribution is 5.99. The van der Waals surface area contributed by atoms with Crippen molar-refractivity contribution in [1.29, 1.82) is 0 Å². The maximum atomic E-state index is 13.0. The Morgan fingerprint density at radius 3 is 2.26 bits per heavy atom. The van der Waals surface area contributed by atoms with Crippen molar-refractivity contribution in [1.82, 2.24) is 14.7 Å². The predicted octanol–water partition coefficient (Wildman–Crippen LogP) is 4.29. The lowest BCUT2D eigenvalue weighted by atomic mass is 9.92. The molecular weight excluding hydrogens is 432 g/mol. The second kappa shape index (κ2) is 10.4. The molecule has 0 aliphatic carbocycles. The average Bonchev–Trinajstić information content (AvgIpc) is 3.26. The number of ether oxygens (including phenoxy) is 2. The molecule has 0 radical (unpaired) electrons. The number of likely N-dealkylation sites (N-methyl/N-ethyl adjacent to an activating group) is 1. The third-order valence-electron chi connectivity index (χ3n) is 5.38. The highest BCUT2D eigenvalue weighted by Crippen LogP contribution is 2.27. The van der Waals surface area contributed by atoms with Gasteiger partial charge in [0.05, 0.1) is 25.6 Å². The summed E-state index contributed by atoms with van der Waals surface area (Å²) in [4.78, 5) is 27.5. The van der Waals surface area contributed by atoms with Gasteiger partial charge >= 0.3 is 0 Å². The largest absolute Gasteiger partial charge is 0.497 e. The molecule has 0 bridgehead atoms. The fourth-order valence-corrected chi connectivity index (χ4v) is 3.38. The molecule has 0 atom stereocenters. The average molecular weight is 465 g/mol. The summed E-state index contributed by atoms with van der Waals surface area (Å²) in [5, 5.41) is 7.66. The van der Waals surface area contributed by atoms with Crippen LogP contribution in [0.2, 0.25) is 0 Å². The molecule has 2 aromatic carbocycles. The number of rotatable bonds is 8. The number of hydrogen-bond acceptors (Lipinski definition) is 5. The second-order valence-electron chi connectivity index (χ2n) is 8.87. The van der Waals surface area contributed by atoms with Crippen LogP contribution in [0.25, 0.3) is 5.69 Å². The summed E-state index contributed by atoms with van der Waals surface area (Å²) >= 11 is 0. The van der Waals surface area contributed by atoms with E-state index in [2.05, 4.69) is 26.1 Å². The van der Waals surface area contributed by atoms with Crippen LogP contribution in [-0.2, 0) is 10.2 Å². The van der Waals surface area contributed by atoms with E-state index in [1.165, 1.54) is 4.90 Å². The van der Waals surface area contributed by atoms with Crippen LogP contribution in [0.15, 0.2) is 54.6 Å². The van der Waals surface area contributed by atoms with E-state index >= 15 is 0 Å². The first-order valence-electron chi connectivity index (χ1n) is 11.1. The Hall–Kier alpha value is -3.81. The number of aromatic nitrogens is 2. The number of hydrogen-bond donors (Lipinski definition) is 1. The lowest BCUT2D eigenvalue weighted by Gasteiger charge is -2.21. The second-order valence-corrected chi connectivity index (χ2v) is 8.87. The van der Waals surface area contributed by atoms with E-state index in [1.807, 2.05) is 37.3 Å². The van der Waals surface area contributed by atoms with Gasteiger partial charge in [0.15, 0.2) is 0 Å². The van der Waals surface area contributed by atoms with Crippen LogP contribution >= 0.6 is 0 Å². The highest BCUT2D eigenvalue weighted by Gasteiger charge is 2.23. The van der Waals surface area contributed by atoms with Crippen molar-refractivity contribution >= 4 is 17.6 Å². The van der Waals surface area contributed by atoms with Gasteiger partial charge in [0.1, 0.15) is 23.9 Å². The molecule has 0 saturated heterocycles. The van der Waals surface area contributed by atoms with Crippen LogP contribution in [-0.4, -0.2) is 53.8 Å². The molecule has 8 heteroatoms. The van der Waals surface area contributed by atoms with Crippen LogP contribution < -0.4 is 14.8 Å². The first-order chi connectivity index (χ1) is 16.2. The van der Waals surface area contributed by atoms with Crippen LogP contribution in [0.3, 0.4) is 0 Å². The van der Waals surface area contributed by atoms with Gasteiger partial charge in [0.2, 0.25) is 5.91 Å². The molecule has 0 aliphatic rings. The molecule has 0 saturated carbocycles. The fourth-order valence-electron chi connectivity index (χ4n) is 3.38. The zero-order chi connectivity index (χ0) is 24.9. The maximum absolute atomic E-state index is 13.0. The zero-order valence-corrected chi connectivity index (χ0v) is 20.6. The minimum atomic E-state index is -0.312. The standard InChI is InChI=1S/C26H32N4O4/c1-7-29(25(32)18-9-8-10-21(15-18)34-6)17-24(31)27-23-16-22(26(2,3)4)28-30(23)19-11-13-20(33-5)14-12-19/h8-16H,7,17H2,1-6H3,(H,27,31). The van der Waals surface area contributed by atoms with Gasteiger partial charge in [-0.15, -0.1) is 0 Å². The highest BCUT2D eigenvalue weighted by atomic mass is 16.5. The van der Waals surface area contributed by atoms with Gasteiger partial charge in [-0.3, -0.25) is 9.59 Å². The molecule has 0 unspecified atom stereocenters. The summed E-state index contributed by atoms with van der Waals surface area (Å²) in [5.41, 5.74) is 1.87. The monoisotopic (exact) mass is 464 g/mol. The molecule has 0 spiro atoms. The Labute approximate surface area is 200 Å². The van der Waals surface area contributed by atoms with Crippen LogP contribution in [0.4, 0.5) is 5.82 Å². The number of carbonyl (C=O) groups excluding carboxylic acids is 2.